The third-order valence-electron chi connectivity index (χ3n) is 1.19. The standard InChI is InChI=1S/C4H6BrNO2/c5-2-3-1-4(7)6(3)8/h3,8H,1-2H2. The minimum atomic E-state index is -0.186. The molecule has 46 valence electrons. The zero-order valence-electron chi connectivity index (χ0n) is 4.17. The first-order chi connectivity index (χ1) is 3.75. The molecule has 1 rings (SSSR count). The SMILES string of the molecule is O=C1CC(CBr)N1O. The van der Waals surface area contributed by atoms with Crippen LogP contribution in [0.3, 0.4) is 0 Å². The smallest absolute Gasteiger partial charge is 0.248 e. The highest BCUT2D eigenvalue weighted by Gasteiger charge is 2.33. The number of nitrogens with zero attached hydrogens (tertiary/aromatic N) is 1. The van der Waals surface area contributed by atoms with E-state index < -0.39 is 0 Å². The lowest BCUT2D eigenvalue weighted by Crippen LogP contribution is -2.51. The molecular formula is C4H6BrNO2. The molecule has 0 aromatic heterocycles. The number of hydrogen-bond donors (Lipinski definition) is 1. The number of alkyl halides is 1. The van der Waals surface area contributed by atoms with E-state index in [1.54, 1.807) is 0 Å². The Morgan fingerprint density at radius 1 is 2.00 bits per heavy atom. The quantitative estimate of drug-likeness (QED) is 0.359. The van der Waals surface area contributed by atoms with Gasteiger partial charge < -0.3 is 0 Å². The minimum Gasteiger partial charge on any atom is -0.286 e. The molecular weight excluding hydrogens is 174 g/mol. The van der Waals surface area contributed by atoms with Crippen LogP contribution in [-0.2, 0) is 4.79 Å². The number of hydrogen-bond acceptors (Lipinski definition) is 2. The monoisotopic (exact) mass is 179 g/mol. The predicted octanol–water partition coefficient (Wildman–Crippen LogP) is 0.371. The fraction of sp³-hybridized carbons (Fsp3) is 0.750. The van der Waals surface area contributed by atoms with Crippen molar-refractivity contribution in [3.63, 3.8) is 0 Å². The molecule has 1 unspecified atom stereocenters. The van der Waals surface area contributed by atoms with E-state index in [9.17, 15) is 4.79 Å². The highest BCUT2D eigenvalue weighted by atomic mass is 79.9. The first-order valence-corrected chi connectivity index (χ1v) is 3.44. The first-order valence-electron chi connectivity index (χ1n) is 2.32. The minimum absolute atomic E-state index is 0.0162. The molecule has 1 amide bonds. The second-order valence-electron chi connectivity index (χ2n) is 1.75. The molecule has 1 N–H and O–H groups in total. The Morgan fingerprint density at radius 3 is 2.75 bits per heavy atom. The summed E-state index contributed by atoms with van der Waals surface area (Å²) in [6.07, 6.45) is 0.474. The van der Waals surface area contributed by atoms with Gasteiger partial charge in [-0.05, 0) is 0 Å². The summed E-state index contributed by atoms with van der Waals surface area (Å²) in [6.45, 7) is 0. The number of carbonyl (C=O) groups is 1. The number of hydroxylamine groups is 2. The molecule has 1 atom stereocenters. The Kier molecular flexibility index (Phi) is 1.53. The van der Waals surface area contributed by atoms with Gasteiger partial charge in [0.25, 0.3) is 0 Å². The maximum atomic E-state index is 10.3. The van der Waals surface area contributed by atoms with Crippen molar-refractivity contribution in [1.82, 2.24) is 5.06 Å². The Labute approximate surface area is 55.4 Å². The molecule has 1 saturated heterocycles. The van der Waals surface area contributed by atoms with Crippen molar-refractivity contribution in [2.75, 3.05) is 5.33 Å². The summed E-state index contributed by atoms with van der Waals surface area (Å²) < 4.78 is 0. The van der Waals surface area contributed by atoms with Crippen LogP contribution in [0.15, 0.2) is 0 Å². The molecule has 1 aliphatic heterocycles. The van der Waals surface area contributed by atoms with Gasteiger partial charge in [-0.2, -0.15) is 0 Å². The Balaban J connectivity index is 2.35. The largest absolute Gasteiger partial charge is 0.286 e. The van der Waals surface area contributed by atoms with Crippen LogP contribution in [-0.4, -0.2) is 27.5 Å². The van der Waals surface area contributed by atoms with Gasteiger partial charge in [0.1, 0.15) is 0 Å². The van der Waals surface area contributed by atoms with Gasteiger partial charge in [0, 0.05) is 5.33 Å². The van der Waals surface area contributed by atoms with Crippen molar-refractivity contribution in [2.45, 2.75) is 12.5 Å². The Hall–Kier alpha value is -0.0900. The van der Waals surface area contributed by atoms with Crippen LogP contribution in [0.25, 0.3) is 0 Å². The number of amides is 1. The molecule has 0 aromatic rings. The summed E-state index contributed by atoms with van der Waals surface area (Å²) in [5.74, 6) is -0.186. The lowest BCUT2D eigenvalue weighted by atomic mass is 10.1. The molecule has 0 saturated carbocycles. The van der Waals surface area contributed by atoms with Crippen molar-refractivity contribution >= 4 is 21.8 Å². The van der Waals surface area contributed by atoms with E-state index in [1.165, 1.54) is 0 Å². The number of carbonyl (C=O) groups excluding carboxylic acids is 1. The van der Waals surface area contributed by atoms with Crippen LogP contribution in [0, 0.1) is 0 Å². The molecule has 1 heterocycles. The summed E-state index contributed by atoms with van der Waals surface area (Å²) >= 11 is 3.14. The second-order valence-corrected chi connectivity index (χ2v) is 2.40. The van der Waals surface area contributed by atoms with Gasteiger partial charge in [-0.1, -0.05) is 15.9 Å². The van der Waals surface area contributed by atoms with E-state index in [4.69, 9.17) is 5.21 Å². The molecule has 0 radical (unpaired) electrons. The fourth-order valence-electron chi connectivity index (χ4n) is 0.593. The third kappa shape index (κ3) is 0.736. The van der Waals surface area contributed by atoms with Gasteiger partial charge >= 0.3 is 0 Å². The zero-order valence-corrected chi connectivity index (χ0v) is 5.76. The van der Waals surface area contributed by atoms with Gasteiger partial charge in [0.15, 0.2) is 0 Å². The van der Waals surface area contributed by atoms with E-state index in [1.807, 2.05) is 0 Å². The summed E-state index contributed by atoms with van der Waals surface area (Å²) in [5, 5.41) is 10.1. The molecule has 1 aliphatic rings. The average Bonchev–Trinajstić information content (AvgIpc) is 1.81. The van der Waals surface area contributed by atoms with E-state index in [0.29, 0.717) is 11.8 Å². The van der Waals surface area contributed by atoms with Gasteiger partial charge in [0.05, 0.1) is 12.5 Å². The predicted molar refractivity (Wildman–Crippen MR) is 30.8 cm³/mol. The molecule has 3 nitrogen and oxygen atoms in total. The topological polar surface area (TPSA) is 40.5 Å². The maximum Gasteiger partial charge on any atom is 0.248 e. The van der Waals surface area contributed by atoms with Crippen molar-refractivity contribution in [3.8, 4) is 0 Å². The van der Waals surface area contributed by atoms with Crippen LogP contribution in [0.5, 0.6) is 0 Å². The van der Waals surface area contributed by atoms with Crippen LogP contribution in [0.1, 0.15) is 6.42 Å². The van der Waals surface area contributed by atoms with E-state index in [0.717, 1.165) is 5.06 Å². The fourth-order valence-corrected chi connectivity index (χ4v) is 1.10. The number of halogens is 1. The van der Waals surface area contributed by atoms with Crippen molar-refractivity contribution in [3.05, 3.63) is 0 Å². The number of β-lactam (4-membered cyclic amide) rings is 1. The molecule has 4 heteroatoms. The van der Waals surface area contributed by atoms with Crippen molar-refractivity contribution in [1.29, 1.82) is 0 Å². The molecule has 0 aliphatic carbocycles. The van der Waals surface area contributed by atoms with Crippen LogP contribution in [0.2, 0.25) is 0 Å². The van der Waals surface area contributed by atoms with E-state index in [-0.39, 0.29) is 11.9 Å². The van der Waals surface area contributed by atoms with Gasteiger partial charge in [0.2, 0.25) is 5.91 Å². The summed E-state index contributed by atoms with van der Waals surface area (Å²) in [6, 6.07) is 0.0162. The van der Waals surface area contributed by atoms with Crippen LogP contribution < -0.4 is 0 Å². The first kappa shape index (κ1) is 6.04. The molecule has 8 heavy (non-hydrogen) atoms. The van der Waals surface area contributed by atoms with Crippen LogP contribution in [0.4, 0.5) is 0 Å². The summed E-state index contributed by atoms with van der Waals surface area (Å²) in [4.78, 5) is 10.3. The summed E-state index contributed by atoms with van der Waals surface area (Å²) in [7, 11) is 0. The van der Waals surface area contributed by atoms with Crippen LogP contribution >= 0.6 is 15.9 Å². The van der Waals surface area contributed by atoms with Gasteiger partial charge in [-0.25, -0.2) is 5.06 Å². The van der Waals surface area contributed by atoms with Crippen molar-refractivity contribution < 1.29 is 10.0 Å². The van der Waals surface area contributed by atoms with E-state index >= 15 is 0 Å². The van der Waals surface area contributed by atoms with E-state index in [2.05, 4.69) is 15.9 Å². The lowest BCUT2D eigenvalue weighted by molar-refractivity contribution is -0.198. The normalized spacial score (nSPS) is 28.0. The lowest BCUT2D eigenvalue weighted by Gasteiger charge is -2.32. The Bertz CT molecular complexity index is 117. The van der Waals surface area contributed by atoms with Gasteiger partial charge in [-0.15, -0.1) is 0 Å². The second kappa shape index (κ2) is 2.03. The average molecular weight is 180 g/mol. The number of rotatable bonds is 1. The Morgan fingerprint density at radius 2 is 2.62 bits per heavy atom. The molecule has 0 spiro atoms. The van der Waals surface area contributed by atoms with Gasteiger partial charge in [-0.3, -0.25) is 10.0 Å². The third-order valence-corrected chi connectivity index (χ3v) is 1.94. The highest BCUT2D eigenvalue weighted by molar-refractivity contribution is 9.09. The molecule has 0 aromatic carbocycles. The molecule has 0 bridgehead atoms. The maximum absolute atomic E-state index is 10.3. The zero-order chi connectivity index (χ0) is 6.15. The highest BCUT2D eigenvalue weighted by Crippen LogP contribution is 2.17. The van der Waals surface area contributed by atoms with Crippen molar-refractivity contribution in [2.24, 2.45) is 0 Å². The molecule has 1 fully saturated rings. The summed E-state index contributed by atoms with van der Waals surface area (Å²) in [5.41, 5.74) is 0.